The fourth-order valence-electron chi connectivity index (χ4n) is 1.44. The predicted molar refractivity (Wildman–Crippen MR) is 63.8 cm³/mol. The summed E-state index contributed by atoms with van der Waals surface area (Å²) >= 11 is 0. The average molecular weight is 267 g/mol. The third-order valence-electron chi connectivity index (χ3n) is 2.53. The molecule has 1 aliphatic rings. The fourth-order valence-corrected chi connectivity index (χ4v) is 1.44. The predicted octanol–water partition coefficient (Wildman–Crippen LogP) is -0.550. The van der Waals surface area contributed by atoms with Crippen molar-refractivity contribution in [2.24, 2.45) is 11.7 Å². The highest BCUT2D eigenvalue weighted by Crippen LogP contribution is 2.33. The minimum atomic E-state index is -0.754. The molecule has 1 rings (SSSR count). The lowest BCUT2D eigenvalue weighted by Crippen LogP contribution is -2.51. The van der Waals surface area contributed by atoms with Gasteiger partial charge in [0.1, 0.15) is 12.1 Å². The van der Waals surface area contributed by atoms with Crippen LogP contribution in [0, 0.1) is 5.92 Å². The molecule has 0 spiro atoms. The van der Waals surface area contributed by atoms with Crippen LogP contribution in [0.5, 0.6) is 0 Å². The molecule has 0 aliphatic heterocycles. The van der Waals surface area contributed by atoms with Gasteiger partial charge in [0.05, 0.1) is 13.7 Å². The van der Waals surface area contributed by atoms with Crippen LogP contribution in [0.1, 0.15) is 12.8 Å². The molecule has 0 aromatic rings. The molecule has 1 fully saturated rings. The third-order valence-corrected chi connectivity index (χ3v) is 2.53. The Labute approximate surface area is 107 Å². The van der Waals surface area contributed by atoms with Crippen molar-refractivity contribution in [2.75, 3.05) is 20.8 Å². The highest BCUT2D eigenvalue weighted by molar-refractivity contribution is 5.87. The number of halogens is 1. The van der Waals surface area contributed by atoms with Crippen LogP contribution < -0.4 is 11.1 Å². The number of nitrogens with two attached hydrogens (primary N) is 1. The van der Waals surface area contributed by atoms with Crippen LogP contribution in [0.2, 0.25) is 0 Å². The molecule has 2 atom stereocenters. The Balaban J connectivity index is 0.00000256. The van der Waals surface area contributed by atoms with Gasteiger partial charge in [0, 0.05) is 7.11 Å². The molecule has 1 aliphatic carbocycles. The first-order valence-corrected chi connectivity index (χ1v) is 5.22. The van der Waals surface area contributed by atoms with Gasteiger partial charge in [-0.15, -0.1) is 12.4 Å². The first-order chi connectivity index (χ1) is 7.60. The van der Waals surface area contributed by atoms with Gasteiger partial charge in [-0.3, -0.25) is 4.79 Å². The van der Waals surface area contributed by atoms with Gasteiger partial charge < -0.3 is 20.5 Å². The third kappa shape index (κ3) is 4.89. The monoisotopic (exact) mass is 266 g/mol. The zero-order valence-electron chi connectivity index (χ0n) is 9.97. The number of carbonyl (C=O) groups excluding carboxylic acids is 2. The smallest absolute Gasteiger partial charge is 0.328 e. The first-order valence-electron chi connectivity index (χ1n) is 5.22. The van der Waals surface area contributed by atoms with Crippen LogP contribution in [0.25, 0.3) is 0 Å². The van der Waals surface area contributed by atoms with Crippen molar-refractivity contribution in [1.29, 1.82) is 0 Å². The Morgan fingerprint density at radius 1 is 1.41 bits per heavy atom. The van der Waals surface area contributed by atoms with Crippen molar-refractivity contribution in [3.8, 4) is 0 Å². The zero-order chi connectivity index (χ0) is 12.1. The van der Waals surface area contributed by atoms with Crippen molar-refractivity contribution in [3.05, 3.63) is 0 Å². The highest BCUT2D eigenvalue weighted by atomic mass is 35.5. The summed E-state index contributed by atoms with van der Waals surface area (Å²) in [5.41, 5.74) is 5.55. The number of ether oxygens (including phenoxy) is 2. The van der Waals surface area contributed by atoms with E-state index >= 15 is 0 Å². The van der Waals surface area contributed by atoms with Crippen molar-refractivity contribution in [1.82, 2.24) is 5.32 Å². The van der Waals surface area contributed by atoms with E-state index in [0.29, 0.717) is 0 Å². The molecular formula is C10H19ClN2O4. The summed E-state index contributed by atoms with van der Waals surface area (Å²) in [6.45, 7) is 0.129. The van der Waals surface area contributed by atoms with E-state index in [0.717, 1.165) is 12.8 Å². The quantitative estimate of drug-likeness (QED) is 0.630. The summed E-state index contributed by atoms with van der Waals surface area (Å²) in [5.74, 6) is -0.615. The minimum absolute atomic E-state index is 0. The van der Waals surface area contributed by atoms with E-state index in [1.54, 1.807) is 0 Å². The Morgan fingerprint density at radius 2 is 2.00 bits per heavy atom. The van der Waals surface area contributed by atoms with Crippen LogP contribution in [0.3, 0.4) is 0 Å². The van der Waals surface area contributed by atoms with Gasteiger partial charge in [-0.25, -0.2) is 4.79 Å². The molecule has 0 radical (unpaired) electrons. The maximum Gasteiger partial charge on any atom is 0.328 e. The van der Waals surface area contributed by atoms with Crippen LogP contribution in [0.4, 0.5) is 0 Å². The summed E-state index contributed by atoms with van der Waals surface area (Å²) in [4.78, 5) is 23.0. The van der Waals surface area contributed by atoms with E-state index in [1.807, 2.05) is 0 Å². The number of methoxy groups -OCH3 is 2. The maximum atomic E-state index is 11.6. The summed E-state index contributed by atoms with van der Waals surface area (Å²) in [7, 11) is 2.77. The topological polar surface area (TPSA) is 90.6 Å². The molecule has 0 heterocycles. The Kier molecular flexibility index (Phi) is 7.10. The van der Waals surface area contributed by atoms with Gasteiger partial charge in [-0.1, -0.05) is 0 Å². The molecule has 0 aromatic heterocycles. The van der Waals surface area contributed by atoms with Crippen molar-refractivity contribution in [2.45, 2.75) is 24.9 Å². The normalized spacial score (nSPS) is 17.6. The van der Waals surface area contributed by atoms with Gasteiger partial charge in [0.15, 0.2) is 0 Å². The van der Waals surface area contributed by atoms with E-state index in [1.165, 1.54) is 14.2 Å². The van der Waals surface area contributed by atoms with Crippen molar-refractivity contribution < 1.29 is 19.1 Å². The molecule has 0 aromatic carbocycles. The van der Waals surface area contributed by atoms with E-state index < -0.39 is 18.1 Å². The van der Waals surface area contributed by atoms with Gasteiger partial charge in [0.25, 0.3) is 0 Å². The molecule has 3 N–H and O–H groups in total. The SMILES string of the molecule is COCC(N)C(=O)NC(C(=O)OC)C1CC1.Cl. The number of rotatable bonds is 6. The van der Waals surface area contributed by atoms with E-state index in [-0.39, 0.29) is 30.8 Å². The second kappa shape index (κ2) is 7.47. The molecule has 100 valence electrons. The molecular weight excluding hydrogens is 248 g/mol. The molecule has 1 saturated carbocycles. The summed E-state index contributed by atoms with van der Waals surface area (Å²) in [6, 6.07) is -1.32. The molecule has 7 heteroatoms. The minimum Gasteiger partial charge on any atom is -0.467 e. The standard InChI is InChI=1S/C10H18N2O4.ClH/c1-15-5-7(11)9(13)12-8(6-3-4-6)10(14)16-2;/h6-8H,3-5,11H2,1-2H3,(H,12,13);1H. The van der Waals surface area contributed by atoms with Crippen LogP contribution in [-0.2, 0) is 19.1 Å². The molecule has 17 heavy (non-hydrogen) atoms. The second-order valence-electron chi connectivity index (χ2n) is 3.91. The van der Waals surface area contributed by atoms with Crippen LogP contribution in [0.15, 0.2) is 0 Å². The van der Waals surface area contributed by atoms with Crippen molar-refractivity contribution in [3.63, 3.8) is 0 Å². The number of hydrogen-bond acceptors (Lipinski definition) is 5. The molecule has 0 saturated heterocycles. The van der Waals surface area contributed by atoms with Gasteiger partial charge in [-0.05, 0) is 18.8 Å². The van der Waals surface area contributed by atoms with Gasteiger partial charge in [-0.2, -0.15) is 0 Å². The Morgan fingerprint density at radius 3 is 2.41 bits per heavy atom. The number of esters is 1. The summed E-state index contributed by atoms with van der Waals surface area (Å²) in [6.07, 6.45) is 1.86. The number of carbonyl (C=O) groups is 2. The molecule has 1 amide bonds. The Hall–Kier alpha value is -0.850. The number of nitrogens with one attached hydrogen (secondary N) is 1. The molecule has 6 nitrogen and oxygen atoms in total. The number of amides is 1. The van der Waals surface area contributed by atoms with E-state index in [4.69, 9.17) is 10.5 Å². The van der Waals surface area contributed by atoms with Crippen LogP contribution >= 0.6 is 12.4 Å². The van der Waals surface area contributed by atoms with Gasteiger partial charge in [0.2, 0.25) is 5.91 Å². The molecule has 0 bridgehead atoms. The number of hydrogen-bond donors (Lipinski definition) is 2. The van der Waals surface area contributed by atoms with Crippen molar-refractivity contribution >= 4 is 24.3 Å². The fraction of sp³-hybridized carbons (Fsp3) is 0.800. The van der Waals surface area contributed by atoms with Gasteiger partial charge >= 0.3 is 5.97 Å². The lowest BCUT2D eigenvalue weighted by molar-refractivity contribution is -0.146. The summed E-state index contributed by atoms with van der Waals surface area (Å²) in [5, 5.41) is 2.60. The lowest BCUT2D eigenvalue weighted by Gasteiger charge is -2.18. The van der Waals surface area contributed by atoms with E-state index in [9.17, 15) is 9.59 Å². The Bertz CT molecular complexity index is 271. The zero-order valence-corrected chi connectivity index (χ0v) is 10.8. The van der Waals surface area contributed by atoms with Crippen LogP contribution in [-0.4, -0.2) is 44.8 Å². The lowest BCUT2D eigenvalue weighted by atomic mass is 10.1. The second-order valence-corrected chi connectivity index (χ2v) is 3.91. The maximum absolute atomic E-state index is 11.6. The van der Waals surface area contributed by atoms with E-state index in [2.05, 4.69) is 10.1 Å². The highest BCUT2D eigenvalue weighted by Gasteiger charge is 2.38. The first kappa shape index (κ1) is 16.1. The largest absolute Gasteiger partial charge is 0.467 e. The molecule has 2 unspecified atom stereocenters. The average Bonchev–Trinajstić information content (AvgIpc) is 3.08. The summed E-state index contributed by atoms with van der Waals surface area (Å²) < 4.78 is 9.40.